The smallest absolute Gasteiger partial charge is 0.193 e. The summed E-state index contributed by atoms with van der Waals surface area (Å²) in [6, 6.07) is 0.662. The second kappa shape index (κ2) is 14.0. The van der Waals surface area contributed by atoms with Crippen molar-refractivity contribution in [1.82, 2.24) is 24.9 Å². The lowest BCUT2D eigenvalue weighted by molar-refractivity contribution is 0.0195. The van der Waals surface area contributed by atoms with E-state index in [-0.39, 0.29) is 24.0 Å². The van der Waals surface area contributed by atoms with Crippen LogP contribution >= 0.6 is 24.0 Å². The van der Waals surface area contributed by atoms with Crippen LogP contribution in [-0.4, -0.2) is 123 Å². The third kappa shape index (κ3) is 8.12. The lowest BCUT2D eigenvalue weighted by Gasteiger charge is -2.33. The normalized spacial score (nSPS) is 25.2. The molecular weight excluding hydrogens is 479 g/mol. The van der Waals surface area contributed by atoms with Crippen LogP contribution in [0.3, 0.4) is 0 Å². The van der Waals surface area contributed by atoms with Gasteiger partial charge in [0.2, 0.25) is 0 Å². The minimum atomic E-state index is 0. The van der Waals surface area contributed by atoms with Crippen LogP contribution in [0, 0.1) is 0 Å². The number of likely N-dealkylation sites (tertiary alicyclic amines) is 1. The number of rotatable bonds is 8. The van der Waals surface area contributed by atoms with E-state index < -0.39 is 0 Å². The highest BCUT2D eigenvalue weighted by atomic mass is 127. The van der Waals surface area contributed by atoms with Crippen LogP contribution in [0.5, 0.6) is 0 Å². The Morgan fingerprint density at radius 2 is 1.69 bits per heavy atom. The monoisotopic (exact) mass is 522 g/mol. The molecular formula is C21H43IN6O. The molecule has 29 heavy (non-hydrogen) atoms. The predicted molar refractivity (Wildman–Crippen MR) is 132 cm³/mol. The van der Waals surface area contributed by atoms with Crippen molar-refractivity contribution in [2.45, 2.75) is 39.2 Å². The van der Waals surface area contributed by atoms with Gasteiger partial charge in [0.15, 0.2) is 5.96 Å². The van der Waals surface area contributed by atoms with Crippen LogP contribution < -0.4 is 5.32 Å². The van der Waals surface area contributed by atoms with Gasteiger partial charge in [-0.3, -0.25) is 9.89 Å². The number of likely N-dealkylation sites (N-methyl/N-ethyl adjacent to an activating group) is 1. The molecule has 3 fully saturated rings. The molecule has 3 aliphatic rings. The zero-order valence-electron chi connectivity index (χ0n) is 18.7. The number of nitrogens with one attached hydrogen (secondary N) is 1. The molecule has 0 aliphatic carbocycles. The summed E-state index contributed by atoms with van der Waals surface area (Å²) in [5.74, 6) is 1.12. The van der Waals surface area contributed by atoms with E-state index >= 15 is 0 Å². The van der Waals surface area contributed by atoms with E-state index in [1.807, 2.05) is 0 Å². The Bertz CT molecular complexity index is 466. The van der Waals surface area contributed by atoms with Crippen molar-refractivity contribution in [3.63, 3.8) is 0 Å². The van der Waals surface area contributed by atoms with E-state index in [0.717, 1.165) is 58.4 Å². The standard InChI is InChI=1S/C21H42N6O.HI/c1-3-22-21(27-10-7-20(19-27)26-15-17-28-18-16-26)23-8-5-6-9-25-13-11-24(4-2)12-14-25;/h20H,3-19H2,1-2H3,(H,22,23);1H. The number of hydrogen-bond donors (Lipinski definition) is 1. The fourth-order valence-corrected chi connectivity index (χ4v) is 4.56. The Morgan fingerprint density at radius 3 is 2.38 bits per heavy atom. The first-order valence-corrected chi connectivity index (χ1v) is 11.6. The molecule has 7 nitrogen and oxygen atoms in total. The molecule has 0 aromatic carbocycles. The first kappa shape index (κ1) is 25.1. The second-order valence-electron chi connectivity index (χ2n) is 8.26. The van der Waals surface area contributed by atoms with Crippen molar-refractivity contribution in [3.05, 3.63) is 0 Å². The number of unbranched alkanes of at least 4 members (excludes halogenated alkanes) is 1. The van der Waals surface area contributed by atoms with Crippen LogP contribution in [0.2, 0.25) is 0 Å². The van der Waals surface area contributed by atoms with E-state index in [1.54, 1.807) is 0 Å². The van der Waals surface area contributed by atoms with Gasteiger partial charge in [0.1, 0.15) is 0 Å². The van der Waals surface area contributed by atoms with Crippen LogP contribution in [0.25, 0.3) is 0 Å². The van der Waals surface area contributed by atoms with Crippen molar-refractivity contribution >= 4 is 29.9 Å². The van der Waals surface area contributed by atoms with Crippen LogP contribution in [0.4, 0.5) is 0 Å². The molecule has 1 atom stereocenters. The Kier molecular flexibility index (Phi) is 12.1. The maximum atomic E-state index is 5.51. The van der Waals surface area contributed by atoms with Gasteiger partial charge in [-0.25, -0.2) is 0 Å². The molecule has 0 aromatic heterocycles. The lowest BCUT2D eigenvalue weighted by atomic mass is 10.2. The maximum Gasteiger partial charge on any atom is 0.193 e. The third-order valence-corrected chi connectivity index (χ3v) is 6.42. The van der Waals surface area contributed by atoms with Gasteiger partial charge in [-0.2, -0.15) is 0 Å². The average Bonchev–Trinajstić information content (AvgIpc) is 3.24. The van der Waals surface area contributed by atoms with Crippen molar-refractivity contribution in [3.8, 4) is 0 Å². The molecule has 3 saturated heterocycles. The van der Waals surface area contributed by atoms with E-state index in [1.165, 1.54) is 58.5 Å². The number of aliphatic imine (C=N–C) groups is 1. The molecule has 3 aliphatic heterocycles. The van der Waals surface area contributed by atoms with Crippen LogP contribution in [0.15, 0.2) is 4.99 Å². The Labute approximate surface area is 195 Å². The lowest BCUT2D eigenvalue weighted by Crippen LogP contribution is -2.46. The molecule has 0 saturated carbocycles. The molecule has 3 heterocycles. The van der Waals surface area contributed by atoms with Gasteiger partial charge in [-0.1, -0.05) is 6.92 Å². The van der Waals surface area contributed by atoms with Crippen LogP contribution in [0.1, 0.15) is 33.1 Å². The first-order valence-electron chi connectivity index (χ1n) is 11.6. The van der Waals surface area contributed by atoms with Gasteiger partial charge >= 0.3 is 0 Å². The summed E-state index contributed by atoms with van der Waals surface area (Å²) < 4.78 is 5.51. The summed E-state index contributed by atoms with van der Waals surface area (Å²) in [6.07, 6.45) is 3.68. The predicted octanol–water partition coefficient (Wildman–Crippen LogP) is 1.39. The van der Waals surface area contributed by atoms with Gasteiger partial charge in [0.05, 0.1) is 13.2 Å². The van der Waals surface area contributed by atoms with E-state index in [9.17, 15) is 0 Å². The Morgan fingerprint density at radius 1 is 0.966 bits per heavy atom. The highest BCUT2D eigenvalue weighted by molar-refractivity contribution is 14.0. The summed E-state index contributed by atoms with van der Waals surface area (Å²) >= 11 is 0. The number of morpholine rings is 1. The number of piperazine rings is 1. The largest absolute Gasteiger partial charge is 0.379 e. The summed E-state index contributed by atoms with van der Waals surface area (Å²) in [4.78, 5) is 15.2. The summed E-state index contributed by atoms with van der Waals surface area (Å²) in [5.41, 5.74) is 0. The van der Waals surface area contributed by atoms with E-state index in [4.69, 9.17) is 9.73 Å². The summed E-state index contributed by atoms with van der Waals surface area (Å²) in [7, 11) is 0. The summed E-state index contributed by atoms with van der Waals surface area (Å²) in [6.45, 7) is 19.8. The van der Waals surface area contributed by atoms with Crippen LogP contribution in [-0.2, 0) is 4.74 Å². The molecule has 3 rings (SSSR count). The zero-order chi connectivity index (χ0) is 19.6. The fraction of sp³-hybridized carbons (Fsp3) is 0.952. The highest BCUT2D eigenvalue weighted by Gasteiger charge is 2.30. The summed E-state index contributed by atoms with van der Waals surface area (Å²) in [5, 5.41) is 3.52. The molecule has 0 amide bonds. The molecule has 0 spiro atoms. The third-order valence-electron chi connectivity index (χ3n) is 6.42. The van der Waals surface area contributed by atoms with Crippen molar-refractivity contribution in [1.29, 1.82) is 0 Å². The maximum absolute atomic E-state index is 5.51. The number of guanidine groups is 1. The van der Waals surface area contributed by atoms with Crippen molar-refractivity contribution in [2.75, 3.05) is 91.8 Å². The molecule has 170 valence electrons. The SMILES string of the molecule is CCNC(=NCCCCN1CCN(CC)CC1)N1CCC(N2CCOCC2)C1.I. The number of hydrogen-bond acceptors (Lipinski definition) is 5. The molecule has 0 radical (unpaired) electrons. The highest BCUT2D eigenvalue weighted by Crippen LogP contribution is 2.17. The quantitative estimate of drug-likeness (QED) is 0.225. The minimum Gasteiger partial charge on any atom is -0.379 e. The van der Waals surface area contributed by atoms with Gasteiger partial charge < -0.3 is 24.8 Å². The molecule has 1 N–H and O–H groups in total. The van der Waals surface area contributed by atoms with E-state index in [2.05, 4.69) is 38.8 Å². The van der Waals surface area contributed by atoms with Gasteiger partial charge in [0.25, 0.3) is 0 Å². The molecule has 0 aromatic rings. The molecule has 8 heteroatoms. The number of nitrogens with zero attached hydrogens (tertiary/aromatic N) is 5. The van der Waals surface area contributed by atoms with Crippen molar-refractivity contribution < 1.29 is 4.74 Å². The fourth-order valence-electron chi connectivity index (χ4n) is 4.56. The molecule has 1 unspecified atom stereocenters. The topological polar surface area (TPSA) is 46.6 Å². The van der Waals surface area contributed by atoms with Crippen molar-refractivity contribution in [2.24, 2.45) is 4.99 Å². The minimum absolute atomic E-state index is 0. The van der Waals surface area contributed by atoms with E-state index in [0.29, 0.717) is 6.04 Å². The number of ether oxygens (including phenoxy) is 1. The molecule has 0 bridgehead atoms. The first-order chi connectivity index (χ1) is 13.8. The second-order valence-corrected chi connectivity index (χ2v) is 8.26. The average molecular weight is 523 g/mol. The van der Waals surface area contributed by atoms with Gasteiger partial charge in [-0.15, -0.1) is 24.0 Å². The van der Waals surface area contributed by atoms with Gasteiger partial charge in [-0.05, 0) is 39.3 Å². The van der Waals surface area contributed by atoms with Gasteiger partial charge in [0, 0.05) is 71.5 Å². The Balaban J connectivity index is 0.00000300. The Hall–Kier alpha value is -0.160. The zero-order valence-corrected chi connectivity index (χ0v) is 21.0. The number of halogens is 1.